The number of aliphatic imine (C=N–C) groups is 1. The average Bonchev–Trinajstić information content (AvgIpc) is 2.61. The summed E-state index contributed by atoms with van der Waals surface area (Å²) in [6.07, 6.45) is 5.20. The lowest BCUT2D eigenvalue weighted by atomic mass is 9.67. The molecular weight excluding hydrogens is 535 g/mol. The number of guanidine groups is 1. The molecule has 0 unspecified atom stereocenters. The molecule has 1 fully saturated rings. The lowest BCUT2D eigenvalue weighted by Gasteiger charge is -2.42. The third-order valence-corrected chi connectivity index (χ3v) is 5.71. The maximum absolute atomic E-state index is 12.2. The predicted octanol–water partition coefficient (Wildman–Crippen LogP) is 4.08. The Balaban J connectivity index is 0.00000392. The highest BCUT2D eigenvalue weighted by atomic mass is 127. The number of carbonyl (C=O) groups is 1. The van der Waals surface area contributed by atoms with E-state index in [1.54, 1.807) is 14.2 Å². The quantitative estimate of drug-likeness (QED) is 0.239. The van der Waals surface area contributed by atoms with Crippen LogP contribution in [0.1, 0.15) is 37.7 Å². The van der Waals surface area contributed by atoms with Crippen LogP contribution in [0.5, 0.6) is 0 Å². The Bertz CT molecular complexity index is 666. The van der Waals surface area contributed by atoms with E-state index < -0.39 is 0 Å². The van der Waals surface area contributed by atoms with E-state index in [0.29, 0.717) is 18.4 Å². The van der Waals surface area contributed by atoms with Crippen LogP contribution < -0.4 is 16.0 Å². The molecule has 0 bridgehead atoms. The van der Waals surface area contributed by atoms with Crippen LogP contribution in [0.15, 0.2) is 27.7 Å². The first kappa shape index (κ1) is 25.2. The maximum Gasteiger partial charge on any atom is 0.226 e. The molecule has 2 rings (SSSR count). The zero-order valence-electron chi connectivity index (χ0n) is 16.9. The zero-order valence-corrected chi connectivity index (χ0v) is 20.9. The van der Waals surface area contributed by atoms with Crippen LogP contribution in [0, 0.1) is 12.3 Å². The van der Waals surface area contributed by atoms with E-state index >= 15 is 0 Å². The maximum atomic E-state index is 12.2. The van der Waals surface area contributed by atoms with Gasteiger partial charge in [0.25, 0.3) is 0 Å². The van der Waals surface area contributed by atoms with Crippen LogP contribution in [0.4, 0.5) is 5.69 Å². The van der Waals surface area contributed by atoms with Crippen molar-refractivity contribution in [2.45, 2.75) is 39.0 Å². The van der Waals surface area contributed by atoms with Crippen molar-refractivity contribution in [3.05, 3.63) is 28.2 Å². The number of amides is 1. The van der Waals surface area contributed by atoms with Crippen LogP contribution in [-0.2, 0) is 9.53 Å². The van der Waals surface area contributed by atoms with Gasteiger partial charge in [0.2, 0.25) is 5.91 Å². The topological polar surface area (TPSA) is 74.8 Å². The Morgan fingerprint density at radius 2 is 2.07 bits per heavy atom. The molecule has 28 heavy (non-hydrogen) atoms. The SMILES string of the molecule is CN=C(NCCC(=O)Nc1ccc(Br)cc1C)NCC1(CCOC)CCC1.I. The van der Waals surface area contributed by atoms with Gasteiger partial charge in [0.05, 0.1) is 0 Å². The van der Waals surface area contributed by atoms with Gasteiger partial charge >= 0.3 is 0 Å². The summed E-state index contributed by atoms with van der Waals surface area (Å²) in [5.74, 6) is 0.727. The second kappa shape index (κ2) is 12.6. The molecule has 158 valence electrons. The lowest BCUT2D eigenvalue weighted by Crippen LogP contribution is -2.47. The number of halogens is 2. The summed E-state index contributed by atoms with van der Waals surface area (Å²) in [7, 11) is 3.50. The Morgan fingerprint density at radius 1 is 1.32 bits per heavy atom. The van der Waals surface area contributed by atoms with E-state index in [9.17, 15) is 4.79 Å². The monoisotopic (exact) mass is 566 g/mol. The number of rotatable bonds is 9. The first-order chi connectivity index (χ1) is 13.0. The number of ether oxygens (including phenoxy) is 1. The third-order valence-electron chi connectivity index (χ3n) is 5.21. The molecule has 1 aromatic carbocycles. The molecule has 3 N–H and O–H groups in total. The van der Waals surface area contributed by atoms with E-state index in [2.05, 4.69) is 36.9 Å². The Hall–Kier alpha value is -0.870. The molecule has 0 saturated heterocycles. The van der Waals surface area contributed by atoms with Crippen molar-refractivity contribution < 1.29 is 9.53 Å². The molecule has 0 aliphatic heterocycles. The van der Waals surface area contributed by atoms with E-state index in [4.69, 9.17) is 4.74 Å². The number of hydrogen-bond donors (Lipinski definition) is 3. The van der Waals surface area contributed by atoms with Gasteiger partial charge < -0.3 is 20.7 Å². The molecule has 0 spiro atoms. The third kappa shape index (κ3) is 7.87. The minimum Gasteiger partial charge on any atom is -0.385 e. The highest BCUT2D eigenvalue weighted by molar-refractivity contribution is 14.0. The van der Waals surface area contributed by atoms with E-state index in [-0.39, 0.29) is 29.9 Å². The number of methoxy groups -OCH3 is 1. The van der Waals surface area contributed by atoms with Crippen LogP contribution >= 0.6 is 39.9 Å². The Kier molecular flexibility index (Phi) is 11.4. The van der Waals surface area contributed by atoms with Crippen molar-refractivity contribution >= 4 is 57.5 Å². The molecular formula is C20H32BrIN4O2. The van der Waals surface area contributed by atoms with E-state index in [1.165, 1.54) is 19.3 Å². The van der Waals surface area contributed by atoms with Gasteiger partial charge in [-0.25, -0.2) is 0 Å². The zero-order chi connectivity index (χ0) is 19.7. The largest absolute Gasteiger partial charge is 0.385 e. The van der Waals surface area contributed by atoms with Crippen LogP contribution in [-0.4, -0.2) is 45.7 Å². The summed E-state index contributed by atoms with van der Waals surface area (Å²) in [4.78, 5) is 16.4. The standard InChI is InChI=1S/C20H31BrN4O2.HI/c1-15-13-16(21)5-6-17(15)25-18(26)7-11-23-19(22-2)24-14-20(8-4-9-20)10-12-27-3;/h5-6,13H,4,7-12,14H2,1-3H3,(H,25,26)(H2,22,23,24);1H. The number of nitrogens with zero attached hydrogens (tertiary/aromatic N) is 1. The summed E-state index contributed by atoms with van der Waals surface area (Å²) in [5.41, 5.74) is 2.20. The summed E-state index contributed by atoms with van der Waals surface area (Å²) in [6, 6.07) is 5.81. The van der Waals surface area contributed by atoms with Crippen molar-refractivity contribution in [1.82, 2.24) is 10.6 Å². The van der Waals surface area contributed by atoms with Gasteiger partial charge in [0.1, 0.15) is 0 Å². The highest BCUT2D eigenvalue weighted by Crippen LogP contribution is 2.43. The second-order valence-electron chi connectivity index (χ2n) is 7.21. The molecule has 1 aliphatic carbocycles. The number of benzene rings is 1. The van der Waals surface area contributed by atoms with Crippen LogP contribution in [0.3, 0.4) is 0 Å². The van der Waals surface area contributed by atoms with Gasteiger partial charge in [-0.05, 0) is 55.4 Å². The molecule has 0 atom stereocenters. The highest BCUT2D eigenvalue weighted by Gasteiger charge is 2.36. The first-order valence-corrected chi connectivity index (χ1v) is 10.3. The van der Waals surface area contributed by atoms with Crippen molar-refractivity contribution in [3.8, 4) is 0 Å². The molecule has 0 aromatic heterocycles. The summed E-state index contributed by atoms with van der Waals surface area (Å²) in [6.45, 7) is 4.19. The number of hydrogen-bond acceptors (Lipinski definition) is 3. The fraction of sp³-hybridized carbons (Fsp3) is 0.600. The predicted molar refractivity (Wildman–Crippen MR) is 130 cm³/mol. The summed E-state index contributed by atoms with van der Waals surface area (Å²) < 4.78 is 6.24. The van der Waals surface area contributed by atoms with Crippen LogP contribution in [0.25, 0.3) is 0 Å². The van der Waals surface area contributed by atoms with Gasteiger partial charge in [-0.2, -0.15) is 0 Å². The lowest BCUT2D eigenvalue weighted by molar-refractivity contribution is -0.116. The Labute approximate surface area is 193 Å². The molecule has 1 saturated carbocycles. The van der Waals surface area contributed by atoms with Crippen molar-refractivity contribution in [1.29, 1.82) is 0 Å². The minimum absolute atomic E-state index is 0. The molecule has 6 nitrogen and oxygen atoms in total. The van der Waals surface area contributed by atoms with Gasteiger partial charge in [0, 0.05) is 50.4 Å². The van der Waals surface area contributed by atoms with Gasteiger partial charge in [-0.3, -0.25) is 9.79 Å². The van der Waals surface area contributed by atoms with Gasteiger partial charge in [-0.15, -0.1) is 24.0 Å². The van der Waals surface area contributed by atoms with Gasteiger partial charge in [-0.1, -0.05) is 22.4 Å². The fourth-order valence-electron chi connectivity index (χ4n) is 3.28. The smallest absolute Gasteiger partial charge is 0.226 e. The summed E-state index contributed by atoms with van der Waals surface area (Å²) >= 11 is 3.43. The number of nitrogens with one attached hydrogen (secondary N) is 3. The minimum atomic E-state index is -0.0149. The average molecular weight is 567 g/mol. The second-order valence-corrected chi connectivity index (χ2v) is 8.12. The van der Waals surface area contributed by atoms with Crippen molar-refractivity contribution in [3.63, 3.8) is 0 Å². The molecule has 0 radical (unpaired) electrons. The number of anilines is 1. The van der Waals surface area contributed by atoms with Crippen LogP contribution in [0.2, 0.25) is 0 Å². The van der Waals surface area contributed by atoms with Crippen molar-refractivity contribution in [2.75, 3.05) is 39.2 Å². The molecule has 1 aromatic rings. The fourth-order valence-corrected chi connectivity index (χ4v) is 3.75. The number of carbonyl (C=O) groups excluding carboxylic acids is 1. The van der Waals surface area contributed by atoms with Gasteiger partial charge in [0.15, 0.2) is 5.96 Å². The summed E-state index contributed by atoms with van der Waals surface area (Å²) in [5, 5.41) is 9.59. The Morgan fingerprint density at radius 3 is 2.64 bits per heavy atom. The molecule has 0 heterocycles. The number of aryl methyl sites for hydroxylation is 1. The normalized spacial score (nSPS) is 15.2. The van der Waals surface area contributed by atoms with E-state index in [1.807, 2.05) is 25.1 Å². The van der Waals surface area contributed by atoms with E-state index in [0.717, 1.165) is 41.3 Å². The first-order valence-electron chi connectivity index (χ1n) is 9.47. The van der Waals surface area contributed by atoms with Crippen molar-refractivity contribution in [2.24, 2.45) is 10.4 Å². The molecule has 1 aliphatic rings. The molecule has 8 heteroatoms. The molecule has 1 amide bonds.